The Bertz CT molecular complexity index is 1020. The van der Waals surface area contributed by atoms with E-state index in [1.807, 2.05) is 12.1 Å². The van der Waals surface area contributed by atoms with Crippen LogP contribution in [-0.4, -0.2) is 40.3 Å². The van der Waals surface area contributed by atoms with Crippen LogP contribution in [0, 0.1) is 48.0 Å². The minimum absolute atomic E-state index is 0.0880. The van der Waals surface area contributed by atoms with Crippen molar-refractivity contribution in [1.82, 2.24) is 0 Å². The van der Waals surface area contributed by atoms with Crippen LogP contribution in [0.15, 0.2) is 47.1 Å². The first-order chi connectivity index (χ1) is 22.5. The molecule has 276 valence electrons. The fourth-order valence-corrected chi connectivity index (χ4v) is 5.46. The summed E-state index contributed by atoms with van der Waals surface area (Å²) >= 11 is 0. The van der Waals surface area contributed by atoms with E-state index >= 15 is 0 Å². The van der Waals surface area contributed by atoms with Gasteiger partial charge in [-0.05, 0) is 79.9 Å². The molecular formula is C43H76O4Si. The molecule has 5 heteroatoms. The van der Waals surface area contributed by atoms with Crippen molar-refractivity contribution in [3.05, 3.63) is 59.5 Å². The van der Waals surface area contributed by atoms with Crippen LogP contribution >= 0.6 is 0 Å². The maximum Gasteiger partial charge on any atom is 0.158 e. The molecule has 0 N–H and O–H groups in total. The summed E-state index contributed by atoms with van der Waals surface area (Å²) < 4.78 is 21.1. The first kappa shape index (κ1) is 46.2. The second-order valence-electron chi connectivity index (χ2n) is 16.5. The van der Waals surface area contributed by atoms with Crippen LogP contribution in [0.25, 0.3) is 0 Å². The lowest BCUT2D eigenvalue weighted by Crippen LogP contribution is -2.16. The Balaban J connectivity index is 0.000000576. The van der Waals surface area contributed by atoms with Crippen LogP contribution < -0.4 is 0 Å². The average Bonchev–Trinajstić information content (AvgIpc) is 3.75. The van der Waals surface area contributed by atoms with Gasteiger partial charge < -0.3 is 18.6 Å². The van der Waals surface area contributed by atoms with Crippen LogP contribution in [0.3, 0.4) is 0 Å². The van der Waals surface area contributed by atoms with Crippen LogP contribution in [0.2, 0.25) is 19.6 Å². The van der Waals surface area contributed by atoms with Crippen LogP contribution in [0.5, 0.6) is 0 Å². The topological polar surface area (TPSA) is 40.8 Å². The molecule has 1 unspecified atom stereocenters. The molecule has 0 amide bonds. The van der Waals surface area contributed by atoms with Crippen molar-refractivity contribution in [2.75, 3.05) is 19.8 Å². The van der Waals surface area contributed by atoms with Crippen molar-refractivity contribution in [2.45, 2.75) is 153 Å². The Morgan fingerprint density at radius 1 is 0.688 bits per heavy atom. The molecular weight excluding hydrogens is 609 g/mol. The van der Waals surface area contributed by atoms with Gasteiger partial charge in [-0.15, -0.1) is 11.5 Å². The molecule has 0 radical (unpaired) electrons. The number of furan rings is 1. The predicted octanol–water partition coefficient (Wildman–Crippen LogP) is 12.2. The number of ether oxygens (including phenoxy) is 3. The molecule has 0 saturated carbocycles. The first-order valence-electron chi connectivity index (χ1n) is 18.9. The Labute approximate surface area is 299 Å². The molecule has 0 aliphatic carbocycles. The maximum absolute atomic E-state index is 5.46. The summed E-state index contributed by atoms with van der Waals surface area (Å²) in [7, 11) is -1.09. The monoisotopic (exact) mass is 685 g/mol. The fourth-order valence-electron chi connectivity index (χ4n) is 4.83. The Hall–Kier alpha value is -1.84. The van der Waals surface area contributed by atoms with E-state index in [1.54, 1.807) is 6.26 Å². The van der Waals surface area contributed by atoms with Crippen molar-refractivity contribution < 1.29 is 18.6 Å². The lowest BCUT2D eigenvalue weighted by molar-refractivity contribution is -0.0541. The summed E-state index contributed by atoms with van der Waals surface area (Å²) in [5.74, 6) is 7.98. The molecule has 1 aromatic carbocycles. The van der Waals surface area contributed by atoms with Gasteiger partial charge in [-0.1, -0.05) is 119 Å². The second kappa shape index (κ2) is 27.0. The molecule has 48 heavy (non-hydrogen) atoms. The third-order valence-corrected chi connectivity index (χ3v) is 7.97. The summed E-state index contributed by atoms with van der Waals surface area (Å²) in [5, 5.41) is 0. The standard InChI is InChI=1S/C11H16.C9H18Si.C8H16O.C8H12O.C7H14O2/c1-9(2)8-11-6-4-10(3)5-7-11;1-9(2)7-6-8-10(3,4)5;2*1-7(2)6-8-4-3-5-9-8;1-6(2)5-7-8-3-4-9-7/h4-7,9H,8H2,1-3H3;9H,7H2,1-5H3;7-8H,3-6H2,1-2H3;3-5,7H,6H2,1-2H3;6-7H,3-5H2,1-2H3. The van der Waals surface area contributed by atoms with Gasteiger partial charge >= 0.3 is 0 Å². The van der Waals surface area contributed by atoms with Crippen molar-refractivity contribution in [1.29, 1.82) is 0 Å². The van der Waals surface area contributed by atoms with Crippen LogP contribution in [0.4, 0.5) is 0 Å². The number of rotatable bonds is 9. The molecule has 4 nitrogen and oxygen atoms in total. The van der Waals surface area contributed by atoms with Gasteiger partial charge in [0.15, 0.2) is 6.29 Å². The predicted molar refractivity (Wildman–Crippen MR) is 211 cm³/mol. The van der Waals surface area contributed by atoms with Gasteiger partial charge in [0.2, 0.25) is 0 Å². The molecule has 2 aliphatic rings. The number of aryl methyl sites for hydroxylation is 1. The van der Waals surface area contributed by atoms with Gasteiger partial charge in [0.05, 0.1) is 25.6 Å². The van der Waals surface area contributed by atoms with E-state index in [1.165, 1.54) is 36.8 Å². The highest BCUT2D eigenvalue weighted by molar-refractivity contribution is 6.83. The van der Waals surface area contributed by atoms with E-state index in [-0.39, 0.29) is 6.29 Å². The van der Waals surface area contributed by atoms with Crippen LogP contribution in [0.1, 0.15) is 118 Å². The lowest BCUT2D eigenvalue weighted by Gasteiger charge is -2.10. The Morgan fingerprint density at radius 3 is 1.69 bits per heavy atom. The molecule has 3 heterocycles. The fraction of sp³-hybridized carbons (Fsp3) is 0.721. The largest absolute Gasteiger partial charge is 0.469 e. The van der Waals surface area contributed by atoms with Gasteiger partial charge in [0.1, 0.15) is 13.8 Å². The highest BCUT2D eigenvalue weighted by Gasteiger charge is 2.17. The highest BCUT2D eigenvalue weighted by atomic mass is 28.3. The quantitative estimate of drug-likeness (QED) is 0.195. The van der Waals surface area contributed by atoms with Crippen molar-refractivity contribution in [2.24, 2.45) is 29.6 Å². The Morgan fingerprint density at radius 2 is 1.27 bits per heavy atom. The van der Waals surface area contributed by atoms with E-state index in [0.717, 1.165) is 62.6 Å². The summed E-state index contributed by atoms with van der Waals surface area (Å²) in [4.78, 5) is 0. The highest BCUT2D eigenvalue weighted by Crippen LogP contribution is 2.19. The second-order valence-corrected chi connectivity index (χ2v) is 21.2. The third kappa shape index (κ3) is 30.2. The number of hydrogen-bond donors (Lipinski definition) is 0. The minimum Gasteiger partial charge on any atom is -0.469 e. The van der Waals surface area contributed by atoms with Gasteiger partial charge in [-0.3, -0.25) is 0 Å². The van der Waals surface area contributed by atoms with Gasteiger partial charge in [0.25, 0.3) is 0 Å². The smallest absolute Gasteiger partial charge is 0.158 e. The molecule has 0 bridgehead atoms. The third-order valence-electron chi connectivity index (χ3n) is 7.04. The molecule has 0 spiro atoms. The van der Waals surface area contributed by atoms with E-state index < -0.39 is 8.07 Å². The number of hydrogen-bond acceptors (Lipinski definition) is 4. The lowest BCUT2D eigenvalue weighted by atomic mass is 10.0. The van der Waals surface area contributed by atoms with Crippen LogP contribution in [-0.2, 0) is 27.1 Å². The van der Waals surface area contributed by atoms with Crippen molar-refractivity contribution in [3.63, 3.8) is 0 Å². The van der Waals surface area contributed by atoms with E-state index in [2.05, 4.69) is 132 Å². The SMILES string of the molecule is CC(C)CC#C[Si](C)(C)C.CC(C)CC1CCCO1.CC(C)CC1OCCO1.CC(C)Cc1ccco1.Cc1ccc(CC(C)C)cc1. The van der Waals surface area contributed by atoms with Gasteiger partial charge in [-0.2, -0.15) is 0 Å². The summed E-state index contributed by atoms with van der Waals surface area (Å²) in [6.07, 6.45) is 10.5. The van der Waals surface area contributed by atoms with E-state index in [0.29, 0.717) is 17.9 Å². The zero-order valence-electron chi connectivity index (χ0n) is 33.8. The zero-order chi connectivity index (χ0) is 36.5. The van der Waals surface area contributed by atoms with Gasteiger partial charge in [-0.25, -0.2) is 0 Å². The molecule has 4 rings (SSSR count). The molecule has 1 atom stereocenters. The summed E-state index contributed by atoms with van der Waals surface area (Å²) in [6, 6.07) is 12.7. The summed E-state index contributed by atoms with van der Waals surface area (Å²) in [5.41, 5.74) is 6.14. The maximum atomic E-state index is 5.46. The molecule has 2 fully saturated rings. The first-order valence-corrected chi connectivity index (χ1v) is 22.4. The van der Waals surface area contributed by atoms with Crippen molar-refractivity contribution in [3.8, 4) is 11.5 Å². The van der Waals surface area contributed by atoms with Gasteiger partial charge in [0, 0.05) is 25.9 Å². The molecule has 2 saturated heterocycles. The number of benzene rings is 1. The van der Waals surface area contributed by atoms with E-state index in [9.17, 15) is 0 Å². The summed E-state index contributed by atoms with van der Waals surface area (Å²) in [6.45, 7) is 33.6. The average molecular weight is 685 g/mol. The normalized spacial score (nSPS) is 15.9. The molecule has 1 aromatic heterocycles. The zero-order valence-corrected chi connectivity index (χ0v) is 34.8. The van der Waals surface area contributed by atoms with E-state index in [4.69, 9.17) is 18.6 Å². The molecule has 2 aliphatic heterocycles. The molecule has 2 aromatic rings. The minimum atomic E-state index is -1.09. The Kier molecular flexibility index (Phi) is 25.9. The van der Waals surface area contributed by atoms with Crippen molar-refractivity contribution >= 4 is 8.07 Å².